The SMILES string of the molecule is COc1ccc(OC)c(-c2cc(C(=O)Nc3cc(C)ns3)[nH]n2)c1. The van der Waals surface area contributed by atoms with Crippen molar-refractivity contribution in [1.82, 2.24) is 14.6 Å². The normalized spacial score (nSPS) is 10.5. The Morgan fingerprint density at radius 2 is 2.04 bits per heavy atom. The quantitative estimate of drug-likeness (QED) is 0.742. The summed E-state index contributed by atoms with van der Waals surface area (Å²) in [5.74, 6) is 1.05. The Kier molecular flexibility index (Phi) is 4.48. The molecular weight excluding hydrogens is 328 g/mol. The van der Waals surface area contributed by atoms with E-state index in [0.717, 1.165) is 11.3 Å². The van der Waals surface area contributed by atoms with Gasteiger partial charge in [-0.05, 0) is 48.8 Å². The van der Waals surface area contributed by atoms with Gasteiger partial charge in [-0.2, -0.15) is 9.47 Å². The van der Waals surface area contributed by atoms with Gasteiger partial charge in [0.25, 0.3) is 5.91 Å². The number of aromatic amines is 1. The molecular formula is C16H16N4O3S. The van der Waals surface area contributed by atoms with Gasteiger partial charge in [-0.3, -0.25) is 9.89 Å². The van der Waals surface area contributed by atoms with E-state index in [4.69, 9.17) is 9.47 Å². The van der Waals surface area contributed by atoms with Gasteiger partial charge in [-0.1, -0.05) is 0 Å². The summed E-state index contributed by atoms with van der Waals surface area (Å²) in [6.45, 7) is 1.87. The molecule has 0 atom stereocenters. The number of carbonyl (C=O) groups excluding carboxylic acids is 1. The maximum Gasteiger partial charge on any atom is 0.274 e. The van der Waals surface area contributed by atoms with Crippen LogP contribution < -0.4 is 14.8 Å². The van der Waals surface area contributed by atoms with Crippen LogP contribution in [0.2, 0.25) is 0 Å². The first kappa shape index (κ1) is 16.0. The highest BCUT2D eigenvalue weighted by Gasteiger charge is 2.15. The Labute approximate surface area is 142 Å². The predicted molar refractivity (Wildman–Crippen MR) is 91.9 cm³/mol. The van der Waals surface area contributed by atoms with Gasteiger partial charge in [0, 0.05) is 5.56 Å². The monoisotopic (exact) mass is 344 g/mol. The fourth-order valence-corrected chi connectivity index (χ4v) is 2.85. The topological polar surface area (TPSA) is 89.1 Å². The van der Waals surface area contributed by atoms with Crippen molar-refractivity contribution >= 4 is 22.4 Å². The van der Waals surface area contributed by atoms with E-state index in [9.17, 15) is 4.79 Å². The summed E-state index contributed by atoms with van der Waals surface area (Å²) in [4.78, 5) is 12.3. The van der Waals surface area contributed by atoms with Crippen LogP contribution in [0.4, 0.5) is 5.00 Å². The van der Waals surface area contributed by atoms with Gasteiger partial charge in [0.05, 0.1) is 25.6 Å². The van der Waals surface area contributed by atoms with Crippen molar-refractivity contribution in [3.05, 3.63) is 41.7 Å². The summed E-state index contributed by atoms with van der Waals surface area (Å²) in [6, 6.07) is 8.88. The van der Waals surface area contributed by atoms with Crippen LogP contribution >= 0.6 is 11.5 Å². The molecule has 7 nitrogen and oxygen atoms in total. The average molecular weight is 344 g/mol. The van der Waals surface area contributed by atoms with E-state index in [2.05, 4.69) is 19.9 Å². The molecule has 0 unspecified atom stereocenters. The van der Waals surface area contributed by atoms with Gasteiger partial charge in [0.2, 0.25) is 0 Å². The number of amides is 1. The summed E-state index contributed by atoms with van der Waals surface area (Å²) >= 11 is 1.23. The van der Waals surface area contributed by atoms with Gasteiger partial charge in [0.1, 0.15) is 22.2 Å². The largest absolute Gasteiger partial charge is 0.497 e. The minimum absolute atomic E-state index is 0.278. The lowest BCUT2D eigenvalue weighted by atomic mass is 10.1. The standard InChI is InChI=1S/C16H16N4O3S/c1-9-6-15(24-20-9)17-16(21)13-8-12(18-19-13)11-7-10(22-2)4-5-14(11)23-3/h4-8H,1-3H3,(H,17,21)(H,18,19). The highest BCUT2D eigenvalue weighted by atomic mass is 32.1. The number of benzene rings is 1. The molecule has 0 fully saturated rings. The minimum atomic E-state index is -0.278. The Bertz CT molecular complexity index is 872. The number of nitrogens with one attached hydrogen (secondary N) is 2. The summed E-state index contributed by atoms with van der Waals surface area (Å²) in [7, 11) is 3.17. The molecule has 0 aliphatic rings. The van der Waals surface area contributed by atoms with Crippen molar-refractivity contribution in [3.63, 3.8) is 0 Å². The third kappa shape index (κ3) is 3.23. The van der Waals surface area contributed by atoms with Crippen LogP contribution in [0.15, 0.2) is 30.3 Å². The van der Waals surface area contributed by atoms with Crippen molar-refractivity contribution in [2.24, 2.45) is 0 Å². The Balaban J connectivity index is 1.86. The van der Waals surface area contributed by atoms with E-state index in [-0.39, 0.29) is 5.91 Å². The molecule has 0 aliphatic heterocycles. The van der Waals surface area contributed by atoms with E-state index in [1.165, 1.54) is 11.5 Å². The van der Waals surface area contributed by atoms with Crippen LogP contribution in [0.5, 0.6) is 11.5 Å². The van der Waals surface area contributed by atoms with E-state index in [1.807, 2.05) is 19.1 Å². The summed E-state index contributed by atoms with van der Waals surface area (Å²) < 4.78 is 14.7. The van der Waals surface area contributed by atoms with Gasteiger partial charge in [-0.15, -0.1) is 0 Å². The second-order valence-corrected chi connectivity index (χ2v) is 5.82. The number of hydrogen-bond acceptors (Lipinski definition) is 6. The van der Waals surface area contributed by atoms with Crippen LogP contribution in [0.3, 0.4) is 0 Å². The first-order chi connectivity index (χ1) is 11.6. The summed E-state index contributed by atoms with van der Waals surface area (Å²) in [6.07, 6.45) is 0. The van der Waals surface area contributed by atoms with Crippen molar-refractivity contribution in [3.8, 4) is 22.8 Å². The number of carbonyl (C=O) groups is 1. The molecule has 24 heavy (non-hydrogen) atoms. The molecule has 3 rings (SSSR count). The van der Waals surface area contributed by atoms with Crippen molar-refractivity contribution in [2.45, 2.75) is 6.92 Å². The van der Waals surface area contributed by atoms with Crippen LogP contribution in [-0.2, 0) is 0 Å². The lowest BCUT2D eigenvalue weighted by molar-refractivity contribution is 0.102. The fraction of sp³-hybridized carbons (Fsp3) is 0.188. The minimum Gasteiger partial charge on any atom is -0.497 e. The number of hydrogen-bond donors (Lipinski definition) is 2. The highest BCUT2D eigenvalue weighted by molar-refractivity contribution is 7.10. The molecule has 0 saturated heterocycles. The number of anilines is 1. The summed E-state index contributed by atoms with van der Waals surface area (Å²) in [5.41, 5.74) is 2.54. The molecule has 0 bridgehead atoms. The molecule has 2 N–H and O–H groups in total. The fourth-order valence-electron chi connectivity index (χ4n) is 2.19. The zero-order valence-corrected chi connectivity index (χ0v) is 14.2. The van der Waals surface area contributed by atoms with Crippen LogP contribution in [-0.4, -0.2) is 34.7 Å². The Morgan fingerprint density at radius 3 is 2.71 bits per heavy atom. The molecule has 2 heterocycles. The molecule has 124 valence electrons. The van der Waals surface area contributed by atoms with E-state index in [0.29, 0.717) is 27.9 Å². The zero-order chi connectivity index (χ0) is 17.1. The molecule has 8 heteroatoms. The van der Waals surface area contributed by atoms with E-state index >= 15 is 0 Å². The van der Waals surface area contributed by atoms with Gasteiger partial charge < -0.3 is 14.8 Å². The number of ether oxygens (including phenoxy) is 2. The smallest absolute Gasteiger partial charge is 0.274 e. The molecule has 1 amide bonds. The molecule has 2 aromatic heterocycles. The molecule has 0 saturated carbocycles. The van der Waals surface area contributed by atoms with Crippen molar-refractivity contribution in [2.75, 3.05) is 19.5 Å². The third-order valence-electron chi connectivity index (χ3n) is 3.37. The maximum absolute atomic E-state index is 12.3. The van der Waals surface area contributed by atoms with Crippen LogP contribution in [0, 0.1) is 6.92 Å². The van der Waals surface area contributed by atoms with Crippen molar-refractivity contribution in [1.29, 1.82) is 0 Å². The maximum atomic E-state index is 12.3. The van der Waals surface area contributed by atoms with Crippen molar-refractivity contribution < 1.29 is 14.3 Å². The number of nitrogens with zero attached hydrogens (tertiary/aromatic N) is 2. The highest BCUT2D eigenvalue weighted by Crippen LogP contribution is 2.32. The summed E-state index contributed by atoms with van der Waals surface area (Å²) in [5, 5.41) is 10.4. The molecule has 3 aromatic rings. The number of methoxy groups -OCH3 is 2. The molecule has 1 aromatic carbocycles. The first-order valence-corrected chi connectivity index (χ1v) is 7.90. The number of H-pyrrole nitrogens is 1. The Hall–Kier alpha value is -2.87. The molecule has 0 spiro atoms. The van der Waals surface area contributed by atoms with Crippen LogP contribution in [0.1, 0.15) is 16.2 Å². The van der Waals surface area contributed by atoms with Gasteiger partial charge >= 0.3 is 0 Å². The number of aromatic nitrogens is 3. The lowest BCUT2D eigenvalue weighted by Gasteiger charge is -2.08. The Morgan fingerprint density at radius 1 is 1.21 bits per heavy atom. The molecule has 0 radical (unpaired) electrons. The predicted octanol–water partition coefficient (Wildman–Crippen LogP) is 3.11. The third-order valence-corrected chi connectivity index (χ3v) is 4.17. The number of aryl methyl sites for hydroxylation is 1. The van der Waals surface area contributed by atoms with Gasteiger partial charge in [0.15, 0.2) is 0 Å². The second kappa shape index (κ2) is 6.71. The number of rotatable bonds is 5. The van der Waals surface area contributed by atoms with Gasteiger partial charge in [-0.25, -0.2) is 0 Å². The lowest BCUT2D eigenvalue weighted by Crippen LogP contribution is -2.11. The zero-order valence-electron chi connectivity index (χ0n) is 13.4. The van der Waals surface area contributed by atoms with Crippen LogP contribution in [0.25, 0.3) is 11.3 Å². The van der Waals surface area contributed by atoms with E-state index < -0.39 is 0 Å². The second-order valence-electron chi connectivity index (χ2n) is 5.02. The average Bonchev–Trinajstić information content (AvgIpc) is 3.23. The van der Waals surface area contributed by atoms with E-state index in [1.54, 1.807) is 32.4 Å². The molecule has 0 aliphatic carbocycles. The first-order valence-electron chi connectivity index (χ1n) is 7.13.